The van der Waals surface area contributed by atoms with Crippen LogP contribution in [-0.4, -0.2) is 35.5 Å². The number of hydrogen-bond acceptors (Lipinski definition) is 2. The first-order valence-electron chi connectivity index (χ1n) is 7.07. The summed E-state index contributed by atoms with van der Waals surface area (Å²) in [5.74, 6) is 0.293. The van der Waals surface area contributed by atoms with Crippen molar-refractivity contribution in [3.63, 3.8) is 0 Å². The zero-order valence-electron chi connectivity index (χ0n) is 11.9. The van der Waals surface area contributed by atoms with E-state index >= 15 is 0 Å². The molecule has 3 heteroatoms. The molecule has 0 aromatic carbocycles. The number of nitrogens with zero attached hydrogens (tertiary/aromatic N) is 1. The van der Waals surface area contributed by atoms with Gasteiger partial charge >= 0.3 is 0 Å². The largest absolute Gasteiger partial charge is 0.339 e. The normalized spacial score (nSPS) is 24.3. The first-order valence-corrected chi connectivity index (χ1v) is 7.07. The molecule has 100 valence electrons. The van der Waals surface area contributed by atoms with Crippen LogP contribution in [0.25, 0.3) is 0 Å². The Kier molecular flexibility index (Phi) is 5.44. The molecule has 1 aliphatic heterocycles. The van der Waals surface area contributed by atoms with Crippen molar-refractivity contribution in [2.24, 2.45) is 0 Å². The third kappa shape index (κ3) is 3.70. The summed E-state index contributed by atoms with van der Waals surface area (Å²) in [6.45, 7) is 10.4. The second-order valence-electron chi connectivity index (χ2n) is 5.66. The maximum Gasteiger partial charge on any atom is 0.242 e. The van der Waals surface area contributed by atoms with Gasteiger partial charge in [0.2, 0.25) is 5.91 Å². The summed E-state index contributed by atoms with van der Waals surface area (Å²) in [4.78, 5) is 14.6. The molecule has 1 atom stereocenters. The minimum Gasteiger partial charge on any atom is -0.339 e. The minimum absolute atomic E-state index is 0.293. The van der Waals surface area contributed by atoms with Crippen LogP contribution in [0, 0.1) is 0 Å². The van der Waals surface area contributed by atoms with Crippen LogP contribution in [0.2, 0.25) is 0 Å². The van der Waals surface area contributed by atoms with Gasteiger partial charge in [0.05, 0.1) is 5.54 Å². The molecule has 1 aliphatic rings. The molecule has 0 radical (unpaired) electrons. The fourth-order valence-corrected chi connectivity index (χ4v) is 2.52. The van der Waals surface area contributed by atoms with Gasteiger partial charge in [-0.15, -0.1) is 0 Å². The number of carbonyl (C=O) groups is 1. The van der Waals surface area contributed by atoms with Gasteiger partial charge in [-0.2, -0.15) is 0 Å². The Morgan fingerprint density at radius 2 is 2.12 bits per heavy atom. The Morgan fingerprint density at radius 3 is 2.59 bits per heavy atom. The van der Waals surface area contributed by atoms with Crippen LogP contribution in [-0.2, 0) is 4.79 Å². The van der Waals surface area contributed by atoms with Gasteiger partial charge in [-0.25, -0.2) is 0 Å². The van der Waals surface area contributed by atoms with E-state index in [-0.39, 0.29) is 5.54 Å². The number of hydrogen-bond donors (Lipinski definition) is 1. The zero-order valence-corrected chi connectivity index (χ0v) is 11.9. The molecule has 1 fully saturated rings. The highest BCUT2D eigenvalue weighted by atomic mass is 16.2. The van der Waals surface area contributed by atoms with E-state index in [1.165, 1.54) is 12.8 Å². The Morgan fingerprint density at radius 1 is 1.41 bits per heavy atom. The van der Waals surface area contributed by atoms with Crippen molar-refractivity contribution in [3.8, 4) is 0 Å². The Hall–Kier alpha value is -0.570. The summed E-state index contributed by atoms with van der Waals surface area (Å²) >= 11 is 0. The minimum atomic E-state index is -0.309. The fourth-order valence-electron chi connectivity index (χ4n) is 2.52. The molecule has 1 saturated heterocycles. The average Bonchev–Trinajstić information content (AvgIpc) is 2.71. The van der Waals surface area contributed by atoms with Crippen LogP contribution in [0.3, 0.4) is 0 Å². The van der Waals surface area contributed by atoms with Crippen LogP contribution in [0.15, 0.2) is 0 Å². The molecule has 0 aromatic rings. The quantitative estimate of drug-likeness (QED) is 0.724. The van der Waals surface area contributed by atoms with Crippen molar-refractivity contribution >= 4 is 5.91 Å². The van der Waals surface area contributed by atoms with Gasteiger partial charge in [0.1, 0.15) is 0 Å². The molecule has 17 heavy (non-hydrogen) atoms. The van der Waals surface area contributed by atoms with Gasteiger partial charge in [-0.3, -0.25) is 4.79 Å². The van der Waals surface area contributed by atoms with Crippen LogP contribution in [0.1, 0.15) is 59.8 Å². The van der Waals surface area contributed by atoms with E-state index in [4.69, 9.17) is 0 Å². The molecule has 3 nitrogen and oxygen atoms in total. The number of rotatable bonds is 6. The summed E-state index contributed by atoms with van der Waals surface area (Å²) in [5.41, 5.74) is -0.309. The molecule has 1 heterocycles. The van der Waals surface area contributed by atoms with Crippen molar-refractivity contribution < 1.29 is 4.79 Å². The summed E-state index contributed by atoms with van der Waals surface area (Å²) in [6.07, 6.45) is 5.62. The van der Waals surface area contributed by atoms with Crippen molar-refractivity contribution in [1.29, 1.82) is 0 Å². The molecule has 0 aliphatic carbocycles. The molecule has 1 amide bonds. The van der Waals surface area contributed by atoms with E-state index in [0.29, 0.717) is 11.9 Å². The number of nitrogens with one attached hydrogen (secondary N) is 1. The van der Waals surface area contributed by atoms with Crippen LogP contribution >= 0.6 is 0 Å². The third-order valence-corrected chi connectivity index (χ3v) is 3.73. The van der Waals surface area contributed by atoms with Gasteiger partial charge in [-0.1, -0.05) is 19.8 Å². The zero-order chi connectivity index (χ0) is 12.9. The lowest BCUT2D eigenvalue weighted by Gasteiger charge is -2.34. The molecule has 1 unspecified atom stereocenters. The number of carbonyl (C=O) groups excluding carboxylic acids is 1. The highest BCUT2D eigenvalue weighted by molar-refractivity contribution is 5.86. The number of unbranched alkanes of at least 4 members (excludes halogenated alkanes) is 2. The van der Waals surface area contributed by atoms with E-state index in [2.05, 4.69) is 33.0 Å². The van der Waals surface area contributed by atoms with Crippen molar-refractivity contribution in [1.82, 2.24) is 10.2 Å². The van der Waals surface area contributed by atoms with E-state index < -0.39 is 0 Å². The summed E-state index contributed by atoms with van der Waals surface area (Å²) in [7, 11) is 0. The highest BCUT2D eigenvalue weighted by Gasteiger charge is 2.39. The van der Waals surface area contributed by atoms with Gasteiger partial charge in [0, 0.05) is 12.6 Å². The molecule has 0 aromatic heterocycles. The van der Waals surface area contributed by atoms with Crippen molar-refractivity contribution in [3.05, 3.63) is 0 Å². The Labute approximate surface area is 106 Å². The Bertz CT molecular complexity index is 245. The maximum atomic E-state index is 12.6. The molecule has 0 spiro atoms. The topological polar surface area (TPSA) is 32.3 Å². The highest BCUT2D eigenvalue weighted by Crippen LogP contribution is 2.22. The molecule has 1 rings (SSSR count). The van der Waals surface area contributed by atoms with Gasteiger partial charge in [0.25, 0.3) is 0 Å². The fraction of sp³-hybridized carbons (Fsp3) is 0.929. The monoisotopic (exact) mass is 240 g/mol. The summed E-state index contributed by atoms with van der Waals surface area (Å²) in [5, 5.41) is 3.37. The second-order valence-corrected chi connectivity index (χ2v) is 5.66. The summed E-state index contributed by atoms with van der Waals surface area (Å²) in [6, 6.07) is 0.304. The predicted octanol–water partition coefficient (Wildman–Crippen LogP) is 2.56. The van der Waals surface area contributed by atoms with Crippen LogP contribution in [0.4, 0.5) is 0 Å². The van der Waals surface area contributed by atoms with E-state index in [0.717, 1.165) is 32.4 Å². The Balaban J connectivity index is 2.59. The molecule has 0 saturated carbocycles. The SMILES string of the molecule is CCCCCN(C(=O)C1(C)CCCN1)C(C)C. The lowest BCUT2D eigenvalue weighted by Crippen LogP contribution is -2.54. The predicted molar refractivity (Wildman–Crippen MR) is 72.0 cm³/mol. The first-order chi connectivity index (χ1) is 8.01. The molecule has 0 bridgehead atoms. The van der Waals surface area contributed by atoms with E-state index in [1.54, 1.807) is 0 Å². The van der Waals surface area contributed by atoms with Crippen molar-refractivity contribution in [2.75, 3.05) is 13.1 Å². The van der Waals surface area contributed by atoms with E-state index in [9.17, 15) is 4.79 Å². The second kappa shape index (κ2) is 6.39. The van der Waals surface area contributed by atoms with Gasteiger partial charge < -0.3 is 10.2 Å². The van der Waals surface area contributed by atoms with Crippen molar-refractivity contribution in [2.45, 2.75) is 71.4 Å². The number of amides is 1. The average molecular weight is 240 g/mol. The summed E-state index contributed by atoms with van der Waals surface area (Å²) < 4.78 is 0. The van der Waals surface area contributed by atoms with Crippen LogP contribution in [0.5, 0.6) is 0 Å². The maximum absolute atomic E-state index is 12.6. The molecule has 1 N–H and O–H groups in total. The molecular formula is C14H28N2O. The van der Waals surface area contributed by atoms with Crippen LogP contribution < -0.4 is 5.32 Å². The standard InChI is InChI=1S/C14H28N2O/c1-5-6-7-11-16(12(2)3)13(17)14(4)9-8-10-15-14/h12,15H,5-11H2,1-4H3. The smallest absolute Gasteiger partial charge is 0.242 e. The molecular weight excluding hydrogens is 212 g/mol. The van der Waals surface area contributed by atoms with E-state index in [1.807, 2.05) is 4.90 Å². The van der Waals surface area contributed by atoms with Gasteiger partial charge in [0.15, 0.2) is 0 Å². The lowest BCUT2D eigenvalue weighted by atomic mass is 9.97. The lowest BCUT2D eigenvalue weighted by molar-refractivity contribution is -0.139. The first kappa shape index (κ1) is 14.5. The third-order valence-electron chi connectivity index (χ3n) is 3.73. The van der Waals surface area contributed by atoms with Gasteiger partial charge in [-0.05, 0) is 46.6 Å².